The van der Waals surface area contributed by atoms with Crippen molar-refractivity contribution >= 4 is 11.8 Å². The highest BCUT2D eigenvalue weighted by Gasteiger charge is 2.20. The van der Waals surface area contributed by atoms with E-state index in [9.17, 15) is 9.59 Å². The smallest absolute Gasteiger partial charge is 0.240 e. The van der Waals surface area contributed by atoms with Crippen LogP contribution >= 0.6 is 0 Å². The van der Waals surface area contributed by atoms with Gasteiger partial charge in [0, 0.05) is 18.9 Å². The number of primary amides is 1. The lowest BCUT2D eigenvalue weighted by atomic mass is 10.0. The summed E-state index contributed by atoms with van der Waals surface area (Å²) in [5.74, 6) is -0.818. The Hall–Kier alpha value is -2.66. The molecule has 2 rings (SSSR count). The van der Waals surface area contributed by atoms with Crippen molar-refractivity contribution in [3.05, 3.63) is 71.8 Å². The van der Waals surface area contributed by atoms with E-state index < -0.39 is 11.9 Å². The molecular weight excluding hydrogens is 302 g/mol. The van der Waals surface area contributed by atoms with E-state index in [1.54, 1.807) is 0 Å². The van der Waals surface area contributed by atoms with Crippen molar-refractivity contribution in [1.82, 2.24) is 5.32 Å². The van der Waals surface area contributed by atoms with Gasteiger partial charge in [-0.3, -0.25) is 9.59 Å². The van der Waals surface area contributed by atoms with Crippen molar-refractivity contribution in [3.63, 3.8) is 0 Å². The van der Waals surface area contributed by atoms with Crippen molar-refractivity contribution < 1.29 is 9.59 Å². The molecule has 2 aromatic rings. The van der Waals surface area contributed by atoms with Crippen molar-refractivity contribution in [2.75, 3.05) is 0 Å². The van der Waals surface area contributed by atoms with Crippen LogP contribution in [0.15, 0.2) is 60.7 Å². The third-order valence-electron chi connectivity index (χ3n) is 3.75. The molecule has 2 amide bonds. The molecule has 2 atom stereocenters. The van der Waals surface area contributed by atoms with Gasteiger partial charge in [-0.05, 0) is 17.5 Å². The van der Waals surface area contributed by atoms with E-state index in [1.807, 2.05) is 60.7 Å². The first-order valence-corrected chi connectivity index (χ1v) is 7.96. The molecule has 24 heavy (non-hydrogen) atoms. The summed E-state index contributed by atoms with van der Waals surface area (Å²) >= 11 is 0. The fraction of sp³-hybridized carbons (Fsp3) is 0.263. The molecule has 0 bridgehead atoms. The van der Waals surface area contributed by atoms with Crippen LogP contribution in [0, 0.1) is 0 Å². The van der Waals surface area contributed by atoms with Gasteiger partial charge in [-0.25, -0.2) is 0 Å². The van der Waals surface area contributed by atoms with Gasteiger partial charge in [0.05, 0.1) is 0 Å². The van der Waals surface area contributed by atoms with Crippen molar-refractivity contribution in [2.24, 2.45) is 11.5 Å². The maximum atomic E-state index is 12.1. The highest BCUT2D eigenvalue weighted by Crippen LogP contribution is 2.06. The van der Waals surface area contributed by atoms with Crippen LogP contribution < -0.4 is 16.8 Å². The maximum Gasteiger partial charge on any atom is 0.240 e. The minimum atomic E-state index is -0.733. The Bertz CT molecular complexity index is 659. The molecule has 5 N–H and O–H groups in total. The van der Waals surface area contributed by atoms with E-state index in [0.29, 0.717) is 12.8 Å². The van der Waals surface area contributed by atoms with Gasteiger partial charge in [0.25, 0.3) is 0 Å². The minimum absolute atomic E-state index is 0.146. The number of hydrogen-bond acceptors (Lipinski definition) is 3. The van der Waals surface area contributed by atoms with Gasteiger partial charge in [-0.15, -0.1) is 0 Å². The van der Waals surface area contributed by atoms with Crippen LogP contribution in [0.3, 0.4) is 0 Å². The predicted octanol–water partition coefficient (Wildman–Crippen LogP) is 1.16. The van der Waals surface area contributed by atoms with Gasteiger partial charge < -0.3 is 16.8 Å². The molecule has 0 aliphatic rings. The number of benzene rings is 2. The lowest BCUT2D eigenvalue weighted by Crippen LogP contribution is -2.47. The SMILES string of the molecule is NC(=O)[C@H](Cc1ccccc1)NC(=O)C[C@@H](N)Cc1ccccc1. The number of hydrogen-bond donors (Lipinski definition) is 3. The van der Waals surface area contributed by atoms with Gasteiger partial charge in [0.15, 0.2) is 0 Å². The Morgan fingerprint density at radius 3 is 1.88 bits per heavy atom. The van der Waals surface area contributed by atoms with Crippen molar-refractivity contribution in [3.8, 4) is 0 Å². The molecule has 0 spiro atoms. The fourth-order valence-electron chi connectivity index (χ4n) is 2.55. The Balaban J connectivity index is 1.87. The third-order valence-corrected chi connectivity index (χ3v) is 3.75. The number of amides is 2. The topological polar surface area (TPSA) is 98.2 Å². The summed E-state index contributed by atoms with van der Waals surface area (Å²) < 4.78 is 0. The summed E-state index contributed by atoms with van der Waals surface area (Å²) in [6.45, 7) is 0. The van der Waals surface area contributed by atoms with Crippen LogP contribution in [-0.2, 0) is 22.4 Å². The van der Waals surface area contributed by atoms with Crippen LogP contribution in [0.5, 0.6) is 0 Å². The predicted molar refractivity (Wildman–Crippen MR) is 94.0 cm³/mol. The van der Waals surface area contributed by atoms with Gasteiger partial charge in [-0.2, -0.15) is 0 Å². The zero-order valence-corrected chi connectivity index (χ0v) is 13.5. The normalized spacial score (nSPS) is 13.0. The number of nitrogens with two attached hydrogens (primary N) is 2. The third kappa shape index (κ3) is 5.85. The molecule has 0 saturated heterocycles. The highest BCUT2D eigenvalue weighted by atomic mass is 16.2. The molecular formula is C19H23N3O2. The quantitative estimate of drug-likeness (QED) is 0.679. The second-order valence-electron chi connectivity index (χ2n) is 5.87. The van der Waals surface area contributed by atoms with Crippen LogP contribution in [0.25, 0.3) is 0 Å². The second kappa shape index (κ2) is 8.84. The number of carbonyl (C=O) groups is 2. The monoisotopic (exact) mass is 325 g/mol. The molecule has 0 aliphatic heterocycles. The summed E-state index contributed by atoms with van der Waals surface area (Å²) in [5, 5.41) is 2.69. The molecule has 0 aromatic heterocycles. The minimum Gasteiger partial charge on any atom is -0.368 e. The Morgan fingerprint density at radius 2 is 1.38 bits per heavy atom. The molecule has 0 aliphatic carbocycles. The van der Waals surface area contributed by atoms with E-state index in [1.165, 1.54) is 0 Å². The first kappa shape index (κ1) is 17.7. The summed E-state index contributed by atoms with van der Waals surface area (Å²) in [6, 6.07) is 18.1. The standard InChI is InChI=1S/C19H23N3O2/c20-16(11-14-7-3-1-4-8-14)13-18(23)22-17(19(21)24)12-15-9-5-2-6-10-15/h1-10,16-17H,11-13,20H2,(H2,21,24)(H,22,23)/t16-,17-/m0/s1. The number of nitrogens with one attached hydrogen (secondary N) is 1. The lowest BCUT2D eigenvalue weighted by Gasteiger charge is -2.17. The zero-order chi connectivity index (χ0) is 17.4. The molecule has 0 heterocycles. The van der Waals surface area contributed by atoms with Crippen LogP contribution in [0.4, 0.5) is 0 Å². The Labute approximate surface area is 142 Å². The zero-order valence-electron chi connectivity index (χ0n) is 13.5. The largest absolute Gasteiger partial charge is 0.368 e. The van der Waals surface area contributed by atoms with Crippen LogP contribution in [-0.4, -0.2) is 23.9 Å². The highest BCUT2D eigenvalue weighted by molar-refractivity contribution is 5.87. The van der Waals surface area contributed by atoms with E-state index in [-0.39, 0.29) is 18.4 Å². The first-order chi connectivity index (χ1) is 11.5. The van der Waals surface area contributed by atoms with E-state index in [0.717, 1.165) is 11.1 Å². The average Bonchev–Trinajstić information content (AvgIpc) is 2.55. The average molecular weight is 325 g/mol. The molecule has 0 saturated carbocycles. The maximum absolute atomic E-state index is 12.1. The summed E-state index contributed by atoms with van der Waals surface area (Å²) in [6.07, 6.45) is 1.12. The molecule has 0 radical (unpaired) electrons. The van der Waals surface area contributed by atoms with Gasteiger partial charge in [0.2, 0.25) is 11.8 Å². The van der Waals surface area contributed by atoms with Gasteiger partial charge >= 0.3 is 0 Å². The molecule has 126 valence electrons. The van der Waals surface area contributed by atoms with E-state index in [4.69, 9.17) is 11.5 Å². The molecule has 5 heteroatoms. The lowest BCUT2D eigenvalue weighted by molar-refractivity contribution is -0.127. The van der Waals surface area contributed by atoms with Crippen molar-refractivity contribution in [2.45, 2.75) is 31.3 Å². The second-order valence-corrected chi connectivity index (χ2v) is 5.87. The van der Waals surface area contributed by atoms with Crippen molar-refractivity contribution in [1.29, 1.82) is 0 Å². The Morgan fingerprint density at radius 1 is 0.875 bits per heavy atom. The van der Waals surface area contributed by atoms with Crippen LogP contribution in [0.1, 0.15) is 17.5 Å². The molecule has 0 fully saturated rings. The number of carbonyl (C=O) groups excluding carboxylic acids is 2. The molecule has 0 unspecified atom stereocenters. The van der Waals surface area contributed by atoms with Gasteiger partial charge in [-0.1, -0.05) is 60.7 Å². The molecule has 5 nitrogen and oxygen atoms in total. The van der Waals surface area contributed by atoms with Gasteiger partial charge in [0.1, 0.15) is 6.04 Å². The first-order valence-electron chi connectivity index (χ1n) is 7.96. The van der Waals surface area contributed by atoms with E-state index >= 15 is 0 Å². The summed E-state index contributed by atoms with van der Waals surface area (Å²) in [5.41, 5.74) is 13.5. The number of rotatable bonds is 8. The van der Waals surface area contributed by atoms with E-state index in [2.05, 4.69) is 5.32 Å². The molecule has 2 aromatic carbocycles. The Kier molecular flexibility index (Phi) is 6.51. The summed E-state index contributed by atoms with van der Waals surface area (Å²) in [7, 11) is 0. The fourth-order valence-corrected chi connectivity index (χ4v) is 2.55. The van der Waals surface area contributed by atoms with Crippen LogP contribution in [0.2, 0.25) is 0 Å². The summed E-state index contributed by atoms with van der Waals surface area (Å²) in [4.78, 5) is 23.7.